The SMILES string of the molecule is CNCC1CCC(C)(C)CC1c1cccc(Br)c1F. The maximum Gasteiger partial charge on any atom is 0.140 e. The second-order valence-electron chi connectivity index (χ2n) is 6.47. The monoisotopic (exact) mass is 327 g/mol. The van der Waals surface area contributed by atoms with Gasteiger partial charge in [-0.25, -0.2) is 4.39 Å². The van der Waals surface area contributed by atoms with Gasteiger partial charge < -0.3 is 5.32 Å². The summed E-state index contributed by atoms with van der Waals surface area (Å²) in [5, 5.41) is 3.26. The Bertz CT molecular complexity index is 444. The zero-order valence-corrected chi connectivity index (χ0v) is 13.6. The molecule has 1 fully saturated rings. The number of benzene rings is 1. The van der Waals surface area contributed by atoms with Gasteiger partial charge in [-0.3, -0.25) is 0 Å². The van der Waals surface area contributed by atoms with Crippen molar-refractivity contribution < 1.29 is 4.39 Å². The van der Waals surface area contributed by atoms with Gasteiger partial charge in [-0.15, -0.1) is 0 Å². The minimum Gasteiger partial charge on any atom is -0.319 e. The highest BCUT2D eigenvalue weighted by Crippen LogP contribution is 2.47. The molecule has 0 heterocycles. The van der Waals surface area contributed by atoms with Gasteiger partial charge in [0, 0.05) is 0 Å². The Morgan fingerprint density at radius 2 is 2.16 bits per heavy atom. The van der Waals surface area contributed by atoms with Crippen LogP contribution in [0.1, 0.15) is 44.6 Å². The minimum atomic E-state index is -0.0775. The molecule has 1 aromatic rings. The molecule has 106 valence electrons. The molecule has 1 saturated carbocycles. The van der Waals surface area contributed by atoms with Gasteiger partial charge in [0.1, 0.15) is 5.82 Å². The molecule has 1 aliphatic rings. The molecule has 0 aromatic heterocycles. The molecular formula is C16H23BrFN. The fourth-order valence-corrected chi connectivity index (χ4v) is 3.70. The number of hydrogen-bond donors (Lipinski definition) is 1. The lowest BCUT2D eigenvalue weighted by Gasteiger charge is -2.41. The Hall–Kier alpha value is -0.410. The minimum absolute atomic E-state index is 0.0775. The van der Waals surface area contributed by atoms with E-state index in [1.165, 1.54) is 12.8 Å². The Labute approximate surface area is 124 Å². The molecule has 0 aliphatic heterocycles. The van der Waals surface area contributed by atoms with Crippen LogP contribution in [-0.2, 0) is 0 Å². The van der Waals surface area contributed by atoms with Gasteiger partial charge in [0.15, 0.2) is 0 Å². The summed E-state index contributed by atoms with van der Waals surface area (Å²) in [6.07, 6.45) is 3.46. The summed E-state index contributed by atoms with van der Waals surface area (Å²) in [6.45, 7) is 5.56. The number of hydrogen-bond acceptors (Lipinski definition) is 1. The van der Waals surface area contributed by atoms with Crippen LogP contribution in [0.2, 0.25) is 0 Å². The highest BCUT2D eigenvalue weighted by molar-refractivity contribution is 9.10. The summed E-state index contributed by atoms with van der Waals surface area (Å²) in [5.41, 5.74) is 1.19. The van der Waals surface area contributed by atoms with Gasteiger partial charge in [-0.2, -0.15) is 0 Å². The molecule has 1 aromatic carbocycles. The van der Waals surface area contributed by atoms with E-state index in [0.29, 0.717) is 21.7 Å². The van der Waals surface area contributed by atoms with E-state index in [-0.39, 0.29) is 5.82 Å². The van der Waals surface area contributed by atoms with E-state index in [0.717, 1.165) is 18.5 Å². The van der Waals surface area contributed by atoms with E-state index < -0.39 is 0 Å². The Kier molecular flexibility index (Phi) is 4.67. The third kappa shape index (κ3) is 3.38. The van der Waals surface area contributed by atoms with Crippen LogP contribution in [0.5, 0.6) is 0 Å². The molecule has 1 N–H and O–H groups in total. The molecule has 0 spiro atoms. The van der Waals surface area contributed by atoms with E-state index in [1.54, 1.807) is 6.07 Å². The van der Waals surface area contributed by atoms with Gasteiger partial charge >= 0.3 is 0 Å². The zero-order chi connectivity index (χ0) is 14.0. The van der Waals surface area contributed by atoms with Gasteiger partial charge in [-0.05, 0) is 77.7 Å². The maximum absolute atomic E-state index is 14.4. The van der Waals surface area contributed by atoms with Crippen LogP contribution in [0.3, 0.4) is 0 Å². The lowest BCUT2D eigenvalue weighted by molar-refractivity contribution is 0.159. The lowest BCUT2D eigenvalue weighted by Crippen LogP contribution is -2.34. The van der Waals surface area contributed by atoms with Crippen molar-refractivity contribution in [3.63, 3.8) is 0 Å². The average molecular weight is 328 g/mol. The molecule has 1 nitrogen and oxygen atoms in total. The van der Waals surface area contributed by atoms with Crippen molar-refractivity contribution in [2.75, 3.05) is 13.6 Å². The highest BCUT2D eigenvalue weighted by Gasteiger charge is 2.36. The van der Waals surface area contributed by atoms with E-state index in [1.807, 2.05) is 19.2 Å². The maximum atomic E-state index is 14.4. The molecule has 19 heavy (non-hydrogen) atoms. The molecule has 3 heteroatoms. The van der Waals surface area contributed by atoms with Crippen molar-refractivity contribution in [3.8, 4) is 0 Å². The van der Waals surface area contributed by atoms with Crippen LogP contribution in [0.25, 0.3) is 0 Å². The van der Waals surface area contributed by atoms with Crippen LogP contribution < -0.4 is 5.32 Å². The second-order valence-corrected chi connectivity index (χ2v) is 7.33. The Morgan fingerprint density at radius 3 is 2.84 bits per heavy atom. The van der Waals surface area contributed by atoms with Crippen LogP contribution in [-0.4, -0.2) is 13.6 Å². The standard InChI is InChI=1S/C16H23BrFN/c1-16(2)8-7-11(10-19-3)13(9-16)12-5-4-6-14(17)15(12)18/h4-6,11,13,19H,7-10H2,1-3H3. The third-order valence-corrected chi connectivity index (χ3v) is 4.99. The van der Waals surface area contributed by atoms with Crippen molar-refractivity contribution in [1.82, 2.24) is 5.32 Å². The van der Waals surface area contributed by atoms with E-state index in [2.05, 4.69) is 35.1 Å². The Morgan fingerprint density at radius 1 is 1.42 bits per heavy atom. The molecule has 0 amide bonds. The van der Waals surface area contributed by atoms with Crippen LogP contribution >= 0.6 is 15.9 Å². The molecule has 2 unspecified atom stereocenters. The first kappa shape index (κ1) is 15.0. The molecule has 2 rings (SSSR count). The van der Waals surface area contributed by atoms with Gasteiger partial charge in [0.05, 0.1) is 4.47 Å². The average Bonchev–Trinajstić information content (AvgIpc) is 2.35. The number of rotatable bonds is 3. The smallest absolute Gasteiger partial charge is 0.140 e. The largest absolute Gasteiger partial charge is 0.319 e. The van der Waals surface area contributed by atoms with E-state index in [4.69, 9.17) is 0 Å². The third-order valence-electron chi connectivity index (χ3n) is 4.38. The molecule has 1 aliphatic carbocycles. The fourth-order valence-electron chi connectivity index (χ4n) is 3.32. The summed E-state index contributed by atoms with van der Waals surface area (Å²) in [6, 6.07) is 5.68. The van der Waals surface area contributed by atoms with E-state index in [9.17, 15) is 4.39 Å². The fraction of sp³-hybridized carbons (Fsp3) is 0.625. The van der Waals surface area contributed by atoms with Crippen molar-refractivity contribution in [2.45, 2.75) is 39.0 Å². The van der Waals surface area contributed by atoms with Crippen molar-refractivity contribution in [1.29, 1.82) is 0 Å². The molecule has 0 radical (unpaired) electrons. The quantitative estimate of drug-likeness (QED) is 0.847. The molecule has 2 atom stereocenters. The number of halogens is 2. The van der Waals surface area contributed by atoms with Crippen molar-refractivity contribution in [2.24, 2.45) is 11.3 Å². The van der Waals surface area contributed by atoms with Gasteiger partial charge in [0.2, 0.25) is 0 Å². The van der Waals surface area contributed by atoms with Gasteiger partial charge in [-0.1, -0.05) is 26.0 Å². The van der Waals surface area contributed by atoms with Crippen LogP contribution in [0.4, 0.5) is 4.39 Å². The lowest BCUT2D eigenvalue weighted by atomic mass is 9.65. The van der Waals surface area contributed by atoms with Crippen molar-refractivity contribution >= 4 is 15.9 Å². The summed E-state index contributed by atoms with van der Waals surface area (Å²) < 4.78 is 15.0. The van der Waals surface area contributed by atoms with Crippen LogP contribution in [0.15, 0.2) is 22.7 Å². The predicted octanol–water partition coefficient (Wildman–Crippen LogP) is 4.72. The van der Waals surface area contributed by atoms with E-state index >= 15 is 0 Å². The summed E-state index contributed by atoms with van der Waals surface area (Å²) >= 11 is 3.31. The molecular weight excluding hydrogens is 305 g/mol. The van der Waals surface area contributed by atoms with Crippen molar-refractivity contribution in [3.05, 3.63) is 34.1 Å². The Balaban J connectivity index is 2.33. The second kappa shape index (κ2) is 5.92. The summed E-state index contributed by atoms with van der Waals surface area (Å²) in [4.78, 5) is 0. The van der Waals surface area contributed by atoms with Gasteiger partial charge in [0.25, 0.3) is 0 Å². The molecule has 0 bridgehead atoms. The normalized spacial score (nSPS) is 26.4. The number of nitrogens with one attached hydrogen (secondary N) is 1. The predicted molar refractivity (Wildman–Crippen MR) is 81.9 cm³/mol. The first-order valence-electron chi connectivity index (χ1n) is 7.03. The highest BCUT2D eigenvalue weighted by atomic mass is 79.9. The summed E-state index contributed by atoms with van der Waals surface area (Å²) in [5.74, 6) is 0.766. The summed E-state index contributed by atoms with van der Waals surface area (Å²) in [7, 11) is 1.98. The zero-order valence-electron chi connectivity index (χ0n) is 12.0. The van der Waals surface area contributed by atoms with Crippen LogP contribution in [0, 0.1) is 17.2 Å². The first-order chi connectivity index (χ1) is 8.94. The molecule has 0 saturated heterocycles. The topological polar surface area (TPSA) is 12.0 Å². The first-order valence-corrected chi connectivity index (χ1v) is 7.82.